The summed E-state index contributed by atoms with van der Waals surface area (Å²) in [4.78, 5) is 16.1. The number of thioether (sulfide) groups is 1. The van der Waals surface area contributed by atoms with E-state index in [0.29, 0.717) is 15.6 Å². The fourth-order valence-electron chi connectivity index (χ4n) is 1.54. The van der Waals surface area contributed by atoms with Crippen LogP contribution < -0.4 is 5.43 Å². The SMILES string of the molecule is CC(Sc1ccccn1)C(=O)NN=Cc1c(Cl)cccc1Cl. The summed E-state index contributed by atoms with van der Waals surface area (Å²) < 4.78 is 0. The van der Waals surface area contributed by atoms with Crippen LogP contribution in [0.3, 0.4) is 0 Å². The van der Waals surface area contributed by atoms with Crippen molar-refractivity contribution >= 4 is 47.1 Å². The second-order valence-corrected chi connectivity index (χ2v) is 6.47. The van der Waals surface area contributed by atoms with E-state index in [0.717, 1.165) is 5.03 Å². The zero-order valence-corrected chi connectivity index (χ0v) is 14.0. The van der Waals surface area contributed by atoms with Crippen molar-refractivity contribution in [3.8, 4) is 0 Å². The molecular formula is C15H13Cl2N3OS. The van der Waals surface area contributed by atoms with Gasteiger partial charge in [0.1, 0.15) is 0 Å². The highest BCUT2D eigenvalue weighted by molar-refractivity contribution is 8.00. The molecule has 4 nitrogen and oxygen atoms in total. The van der Waals surface area contributed by atoms with Gasteiger partial charge in [-0.25, -0.2) is 10.4 Å². The lowest BCUT2D eigenvalue weighted by molar-refractivity contribution is -0.120. The smallest absolute Gasteiger partial charge is 0.253 e. The second-order valence-electron chi connectivity index (χ2n) is 4.30. The number of nitrogens with one attached hydrogen (secondary N) is 1. The van der Waals surface area contributed by atoms with E-state index in [2.05, 4.69) is 15.5 Å². The van der Waals surface area contributed by atoms with Crippen molar-refractivity contribution in [1.82, 2.24) is 10.4 Å². The van der Waals surface area contributed by atoms with Crippen molar-refractivity contribution in [2.75, 3.05) is 0 Å². The number of amides is 1. The molecule has 1 heterocycles. The highest BCUT2D eigenvalue weighted by atomic mass is 35.5. The lowest BCUT2D eigenvalue weighted by Crippen LogP contribution is -2.26. The number of rotatable bonds is 5. The highest BCUT2D eigenvalue weighted by Gasteiger charge is 2.14. The largest absolute Gasteiger partial charge is 0.272 e. The molecule has 2 aromatic rings. The Morgan fingerprint density at radius 3 is 2.64 bits per heavy atom. The summed E-state index contributed by atoms with van der Waals surface area (Å²) in [6.07, 6.45) is 3.12. The van der Waals surface area contributed by atoms with Gasteiger partial charge in [-0.15, -0.1) is 0 Å². The summed E-state index contributed by atoms with van der Waals surface area (Å²) in [5.41, 5.74) is 3.04. The third-order valence-corrected chi connectivity index (χ3v) is 4.38. The van der Waals surface area contributed by atoms with Gasteiger partial charge in [-0.1, -0.05) is 47.1 Å². The van der Waals surface area contributed by atoms with Crippen molar-refractivity contribution in [3.63, 3.8) is 0 Å². The predicted molar refractivity (Wildman–Crippen MR) is 91.8 cm³/mol. The van der Waals surface area contributed by atoms with Gasteiger partial charge in [0, 0.05) is 11.8 Å². The quantitative estimate of drug-likeness (QED) is 0.501. The topological polar surface area (TPSA) is 54.4 Å². The summed E-state index contributed by atoms with van der Waals surface area (Å²) in [7, 11) is 0. The van der Waals surface area contributed by atoms with Gasteiger partial charge in [0.2, 0.25) is 0 Å². The molecule has 0 aliphatic heterocycles. The number of nitrogens with zero attached hydrogens (tertiary/aromatic N) is 2. The van der Waals surface area contributed by atoms with E-state index >= 15 is 0 Å². The first-order chi connectivity index (χ1) is 10.6. The van der Waals surface area contributed by atoms with Crippen molar-refractivity contribution in [2.45, 2.75) is 17.2 Å². The fourth-order valence-corrected chi connectivity index (χ4v) is 2.83. The Kier molecular flexibility index (Phi) is 6.24. The summed E-state index contributed by atoms with van der Waals surface area (Å²) in [5.74, 6) is -0.227. The molecule has 1 aromatic heterocycles. The molecule has 1 unspecified atom stereocenters. The van der Waals surface area contributed by atoms with Crippen LogP contribution in [0.4, 0.5) is 0 Å². The molecule has 0 fully saturated rings. The van der Waals surface area contributed by atoms with Gasteiger partial charge < -0.3 is 0 Å². The van der Waals surface area contributed by atoms with E-state index in [9.17, 15) is 4.79 Å². The van der Waals surface area contributed by atoms with Crippen LogP contribution in [0.1, 0.15) is 12.5 Å². The molecule has 0 aliphatic carbocycles. The van der Waals surface area contributed by atoms with Crippen LogP contribution in [0.5, 0.6) is 0 Å². The van der Waals surface area contributed by atoms with Gasteiger partial charge in [-0.05, 0) is 31.2 Å². The van der Waals surface area contributed by atoms with E-state index in [-0.39, 0.29) is 11.2 Å². The Labute approximate surface area is 142 Å². The molecule has 0 saturated carbocycles. The average Bonchev–Trinajstić information content (AvgIpc) is 2.51. The maximum atomic E-state index is 12.0. The number of pyridine rings is 1. The second kappa shape index (κ2) is 8.17. The third-order valence-electron chi connectivity index (χ3n) is 2.67. The number of benzene rings is 1. The highest BCUT2D eigenvalue weighted by Crippen LogP contribution is 2.22. The molecule has 1 amide bonds. The Morgan fingerprint density at radius 1 is 1.27 bits per heavy atom. The van der Waals surface area contributed by atoms with Gasteiger partial charge in [-0.2, -0.15) is 5.10 Å². The number of hydrogen-bond acceptors (Lipinski definition) is 4. The first-order valence-corrected chi connectivity index (χ1v) is 8.06. The molecule has 0 bridgehead atoms. The zero-order chi connectivity index (χ0) is 15.9. The number of hydrogen-bond donors (Lipinski definition) is 1. The van der Waals surface area contributed by atoms with Gasteiger partial charge in [0.15, 0.2) is 0 Å². The first-order valence-electron chi connectivity index (χ1n) is 6.42. The predicted octanol–water partition coefficient (Wildman–Crippen LogP) is 4.02. The van der Waals surface area contributed by atoms with Crippen LogP contribution in [0.25, 0.3) is 0 Å². The van der Waals surface area contributed by atoms with Crippen LogP contribution in [-0.4, -0.2) is 22.4 Å². The Hall–Kier alpha value is -1.56. The maximum absolute atomic E-state index is 12.0. The number of carbonyl (C=O) groups is 1. The average molecular weight is 354 g/mol. The third kappa shape index (κ3) is 4.73. The minimum Gasteiger partial charge on any atom is -0.272 e. The first kappa shape index (κ1) is 16.8. The Bertz CT molecular complexity index is 659. The monoisotopic (exact) mass is 353 g/mol. The molecule has 1 aromatic carbocycles. The summed E-state index contributed by atoms with van der Waals surface area (Å²) >= 11 is 13.4. The van der Waals surface area contributed by atoms with Gasteiger partial charge >= 0.3 is 0 Å². The molecule has 114 valence electrons. The fraction of sp³-hybridized carbons (Fsp3) is 0.133. The van der Waals surface area contributed by atoms with Gasteiger partial charge in [0.25, 0.3) is 5.91 Å². The summed E-state index contributed by atoms with van der Waals surface area (Å²) in [5, 5.41) is 5.30. The normalized spacial score (nSPS) is 12.3. The van der Waals surface area contributed by atoms with Crippen LogP contribution in [0, 0.1) is 0 Å². The van der Waals surface area contributed by atoms with Crippen LogP contribution in [-0.2, 0) is 4.79 Å². The van der Waals surface area contributed by atoms with Crippen molar-refractivity contribution in [2.24, 2.45) is 5.10 Å². The molecule has 2 rings (SSSR count). The van der Waals surface area contributed by atoms with E-state index in [1.807, 2.05) is 18.2 Å². The van der Waals surface area contributed by atoms with E-state index in [1.54, 1.807) is 31.3 Å². The Balaban J connectivity index is 1.93. The molecule has 7 heteroatoms. The molecule has 0 radical (unpaired) electrons. The number of carbonyl (C=O) groups excluding carboxylic acids is 1. The maximum Gasteiger partial charge on any atom is 0.253 e. The lowest BCUT2D eigenvalue weighted by Gasteiger charge is -2.08. The molecule has 0 saturated heterocycles. The molecule has 1 N–H and O–H groups in total. The number of hydrazone groups is 1. The standard InChI is InChI=1S/C15H13Cl2N3OS/c1-10(22-14-7-2-3-8-18-14)15(21)20-19-9-11-12(16)5-4-6-13(11)17/h2-10H,1H3,(H,20,21). The minimum atomic E-state index is -0.325. The van der Waals surface area contributed by atoms with Gasteiger partial charge in [-0.3, -0.25) is 4.79 Å². The van der Waals surface area contributed by atoms with E-state index in [1.165, 1.54) is 18.0 Å². The molecule has 1 atom stereocenters. The summed E-state index contributed by atoms with van der Waals surface area (Å²) in [6, 6.07) is 10.7. The van der Waals surface area contributed by atoms with Crippen molar-refractivity contribution < 1.29 is 4.79 Å². The number of halogens is 2. The van der Waals surface area contributed by atoms with Crippen LogP contribution in [0.2, 0.25) is 10.0 Å². The van der Waals surface area contributed by atoms with Gasteiger partial charge in [0.05, 0.1) is 26.5 Å². The molecule has 0 spiro atoms. The molecule has 0 aliphatic rings. The minimum absolute atomic E-state index is 0.227. The lowest BCUT2D eigenvalue weighted by atomic mass is 10.2. The molecule has 22 heavy (non-hydrogen) atoms. The van der Waals surface area contributed by atoms with Crippen molar-refractivity contribution in [1.29, 1.82) is 0 Å². The Morgan fingerprint density at radius 2 is 2.00 bits per heavy atom. The molecular weight excluding hydrogens is 341 g/mol. The zero-order valence-electron chi connectivity index (χ0n) is 11.7. The van der Waals surface area contributed by atoms with E-state index < -0.39 is 0 Å². The van der Waals surface area contributed by atoms with Crippen LogP contribution in [0.15, 0.2) is 52.7 Å². The summed E-state index contributed by atoms with van der Waals surface area (Å²) in [6.45, 7) is 1.78. The van der Waals surface area contributed by atoms with Crippen molar-refractivity contribution in [3.05, 3.63) is 58.2 Å². The number of aromatic nitrogens is 1. The van der Waals surface area contributed by atoms with E-state index in [4.69, 9.17) is 23.2 Å². The van der Waals surface area contributed by atoms with Crippen LogP contribution >= 0.6 is 35.0 Å².